The molecule has 2 nitrogen and oxygen atoms in total. The number of rotatable bonds is 7. The first-order chi connectivity index (χ1) is 8.19. The number of hydrogen-bond donors (Lipinski definition) is 0. The van der Waals surface area contributed by atoms with Crippen LogP contribution >= 0.6 is 27.5 Å². The number of carbonyl (C=O) groups excluding carboxylic acids is 1. The van der Waals surface area contributed by atoms with Crippen molar-refractivity contribution in [1.82, 2.24) is 0 Å². The number of Topliss-reactive ketones (excluding diaryl/α,β-unsaturated/α-hetero) is 1. The molecule has 0 saturated heterocycles. The summed E-state index contributed by atoms with van der Waals surface area (Å²) < 4.78 is 5.16. The van der Waals surface area contributed by atoms with Crippen LogP contribution < -0.4 is 4.74 Å². The average Bonchev–Trinajstić information content (AvgIpc) is 2.34. The molecule has 0 aliphatic rings. The highest BCUT2D eigenvalue weighted by atomic mass is 79.9. The van der Waals surface area contributed by atoms with Gasteiger partial charge in [-0.2, -0.15) is 0 Å². The van der Waals surface area contributed by atoms with Crippen molar-refractivity contribution in [2.24, 2.45) is 0 Å². The first-order valence-electron chi connectivity index (χ1n) is 5.61. The quantitative estimate of drug-likeness (QED) is 0.420. The Morgan fingerprint density at radius 2 is 2.12 bits per heavy atom. The molecule has 94 valence electrons. The fourth-order valence-electron chi connectivity index (χ4n) is 1.59. The summed E-state index contributed by atoms with van der Waals surface area (Å²) in [5.74, 6) is 0.693. The Hall–Kier alpha value is -0.540. The number of hydrogen-bond acceptors (Lipinski definition) is 2. The third-order valence-electron chi connectivity index (χ3n) is 2.50. The third-order valence-corrected chi connectivity index (χ3v) is 3.30. The van der Waals surface area contributed by atoms with E-state index < -0.39 is 0 Å². The Bertz CT molecular complexity index is 380. The van der Waals surface area contributed by atoms with Gasteiger partial charge in [0.15, 0.2) is 5.78 Å². The predicted octanol–water partition coefficient (Wildman–Crippen LogP) is 4.49. The summed E-state index contributed by atoms with van der Waals surface area (Å²) in [6, 6.07) is 5.13. The monoisotopic (exact) mass is 318 g/mol. The van der Waals surface area contributed by atoms with Crippen LogP contribution in [0.5, 0.6) is 5.75 Å². The minimum Gasteiger partial charge on any atom is -0.496 e. The molecule has 1 rings (SSSR count). The van der Waals surface area contributed by atoms with Gasteiger partial charge in [0.1, 0.15) is 5.75 Å². The molecule has 0 aliphatic carbocycles. The summed E-state index contributed by atoms with van der Waals surface area (Å²) in [7, 11) is 1.56. The van der Waals surface area contributed by atoms with Crippen molar-refractivity contribution in [3.63, 3.8) is 0 Å². The Balaban J connectivity index is 2.64. The molecule has 0 radical (unpaired) electrons. The highest BCUT2D eigenvalue weighted by Crippen LogP contribution is 2.24. The van der Waals surface area contributed by atoms with Crippen LogP contribution in [0.4, 0.5) is 0 Å². The van der Waals surface area contributed by atoms with Gasteiger partial charge in [-0.3, -0.25) is 4.79 Å². The van der Waals surface area contributed by atoms with E-state index in [1.165, 1.54) is 0 Å². The second-order valence-electron chi connectivity index (χ2n) is 3.77. The van der Waals surface area contributed by atoms with Crippen molar-refractivity contribution in [2.75, 3.05) is 12.4 Å². The van der Waals surface area contributed by atoms with E-state index in [9.17, 15) is 4.79 Å². The van der Waals surface area contributed by atoms with Crippen molar-refractivity contribution in [3.05, 3.63) is 28.8 Å². The lowest BCUT2D eigenvalue weighted by Crippen LogP contribution is -2.02. The number of benzene rings is 1. The zero-order chi connectivity index (χ0) is 12.7. The topological polar surface area (TPSA) is 26.3 Å². The zero-order valence-electron chi connectivity index (χ0n) is 9.84. The van der Waals surface area contributed by atoms with Gasteiger partial charge >= 0.3 is 0 Å². The maximum absolute atomic E-state index is 12.0. The van der Waals surface area contributed by atoms with Crippen LogP contribution in [0.25, 0.3) is 0 Å². The summed E-state index contributed by atoms with van der Waals surface area (Å²) >= 11 is 9.26. The van der Waals surface area contributed by atoms with Crippen LogP contribution in [0, 0.1) is 0 Å². The lowest BCUT2D eigenvalue weighted by atomic mass is 10.0. The molecular weight excluding hydrogens is 303 g/mol. The van der Waals surface area contributed by atoms with E-state index in [2.05, 4.69) is 15.9 Å². The molecule has 0 amide bonds. The van der Waals surface area contributed by atoms with E-state index >= 15 is 0 Å². The van der Waals surface area contributed by atoms with E-state index in [4.69, 9.17) is 16.3 Å². The van der Waals surface area contributed by atoms with E-state index in [1.54, 1.807) is 25.3 Å². The molecule has 0 aliphatic heterocycles. The number of ether oxygens (including phenoxy) is 1. The molecule has 0 bridgehead atoms. The van der Waals surface area contributed by atoms with Crippen molar-refractivity contribution in [2.45, 2.75) is 25.7 Å². The minimum absolute atomic E-state index is 0.0962. The van der Waals surface area contributed by atoms with Crippen LogP contribution in [-0.4, -0.2) is 18.2 Å². The summed E-state index contributed by atoms with van der Waals surface area (Å²) in [6.45, 7) is 0. The van der Waals surface area contributed by atoms with Gasteiger partial charge in [-0.05, 0) is 31.0 Å². The molecule has 0 N–H and O–H groups in total. The molecule has 17 heavy (non-hydrogen) atoms. The number of unbranched alkanes of at least 4 members (excludes halogenated alkanes) is 2. The number of ketones is 1. The Kier molecular flexibility index (Phi) is 6.60. The SMILES string of the molecule is COc1ccc(Cl)cc1C(=O)CCCCCBr. The standard InChI is InChI=1S/C13H16BrClO2/c1-17-13-7-6-10(15)9-11(13)12(16)5-3-2-4-8-14/h6-7,9H,2-5,8H2,1H3. The van der Waals surface area contributed by atoms with E-state index in [0.29, 0.717) is 22.8 Å². The van der Waals surface area contributed by atoms with Gasteiger partial charge in [0.05, 0.1) is 12.7 Å². The molecular formula is C13H16BrClO2. The molecule has 0 spiro atoms. The van der Waals surface area contributed by atoms with Crippen LogP contribution in [0.15, 0.2) is 18.2 Å². The van der Waals surface area contributed by atoms with Gasteiger partial charge in [-0.15, -0.1) is 0 Å². The van der Waals surface area contributed by atoms with Crippen molar-refractivity contribution in [1.29, 1.82) is 0 Å². The molecule has 0 aromatic heterocycles. The lowest BCUT2D eigenvalue weighted by Gasteiger charge is -2.07. The Labute approximate surface area is 115 Å². The van der Waals surface area contributed by atoms with Gasteiger partial charge in [0.2, 0.25) is 0 Å². The van der Waals surface area contributed by atoms with Gasteiger partial charge in [0.25, 0.3) is 0 Å². The second kappa shape index (κ2) is 7.72. The fraction of sp³-hybridized carbons (Fsp3) is 0.462. The third kappa shape index (κ3) is 4.68. The van der Waals surface area contributed by atoms with Crippen LogP contribution in [0.2, 0.25) is 5.02 Å². The van der Waals surface area contributed by atoms with Crippen molar-refractivity contribution in [3.8, 4) is 5.75 Å². The van der Waals surface area contributed by atoms with Gasteiger partial charge in [-0.1, -0.05) is 34.0 Å². The zero-order valence-corrected chi connectivity index (χ0v) is 12.2. The van der Waals surface area contributed by atoms with Gasteiger partial charge < -0.3 is 4.74 Å². The van der Waals surface area contributed by atoms with Gasteiger partial charge in [-0.25, -0.2) is 0 Å². The smallest absolute Gasteiger partial charge is 0.166 e. The summed E-state index contributed by atoms with van der Waals surface area (Å²) in [4.78, 5) is 12.0. The molecule has 0 fully saturated rings. The summed E-state index contributed by atoms with van der Waals surface area (Å²) in [5, 5.41) is 1.55. The largest absolute Gasteiger partial charge is 0.496 e. The first kappa shape index (κ1) is 14.5. The summed E-state index contributed by atoms with van der Waals surface area (Å²) in [5.41, 5.74) is 0.582. The average molecular weight is 320 g/mol. The van der Waals surface area contributed by atoms with E-state index in [-0.39, 0.29) is 5.78 Å². The molecule has 4 heteroatoms. The Morgan fingerprint density at radius 3 is 2.76 bits per heavy atom. The highest BCUT2D eigenvalue weighted by molar-refractivity contribution is 9.09. The number of methoxy groups -OCH3 is 1. The van der Waals surface area contributed by atoms with Crippen molar-refractivity contribution < 1.29 is 9.53 Å². The van der Waals surface area contributed by atoms with Crippen LogP contribution in [-0.2, 0) is 0 Å². The van der Waals surface area contributed by atoms with E-state index in [1.807, 2.05) is 0 Å². The Morgan fingerprint density at radius 1 is 1.35 bits per heavy atom. The summed E-state index contributed by atoms with van der Waals surface area (Å²) in [6.07, 6.45) is 3.60. The van der Waals surface area contributed by atoms with Crippen molar-refractivity contribution >= 4 is 33.3 Å². The molecule has 0 unspecified atom stereocenters. The molecule has 1 aromatic rings. The number of alkyl halides is 1. The molecule has 1 aromatic carbocycles. The second-order valence-corrected chi connectivity index (χ2v) is 5.00. The minimum atomic E-state index is 0.0962. The number of carbonyl (C=O) groups is 1. The molecule has 0 heterocycles. The van der Waals surface area contributed by atoms with Crippen LogP contribution in [0.1, 0.15) is 36.0 Å². The maximum Gasteiger partial charge on any atom is 0.166 e. The van der Waals surface area contributed by atoms with E-state index in [0.717, 1.165) is 24.6 Å². The first-order valence-corrected chi connectivity index (χ1v) is 7.11. The normalized spacial score (nSPS) is 10.3. The maximum atomic E-state index is 12.0. The van der Waals surface area contributed by atoms with Gasteiger partial charge in [0, 0.05) is 16.8 Å². The predicted molar refractivity (Wildman–Crippen MR) is 74.6 cm³/mol. The molecule has 0 atom stereocenters. The van der Waals surface area contributed by atoms with Crippen LogP contribution in [0.3, 0.4) is 0 Å². The molecule has 0 saturated carbocycles. The fourth-order valence-corrected chi connectivity index (χ4v) is 2.16. The highest BCUT2D eigenvalue weighted by Gasteiger charge is 2.12. The lowest BCUT2D eigenvalue weighted by molar-refractivity contribution is 0.0976. The number of halogens is 2.